The maximum Gasteiger partial charge on any atom is 0.224 e. The highest BCUT2D eigenvalue weighted by atomic mass is 35.5. The second-order valence-corrected chi connectivity index (χ2v) is 5.21. The Morgan fingerprint density at radius 3 is 2.37 bits per heavy atom. The highest BCUT2D eigenvalue weighted by Crippen LogP contribution is 2.11. The number of aliphatic hydroxyl groups excluding tert-OH is 1. The van der Waals surface area contributed by atoms with Gasteiger partial charge in [-0.3, -0.25) is 9.69 Å². The highest BCUT2D eigenvalue weighted by Gasteiger charge is 2.27. The van der Waals surface area contributed by atoms with Crippen LogP contribution in [-0.2, 0) is 4.79 Å². The molecule has 1 rings (SSSR count). The van der Waals surface area contributed by atoms with Gasteiger partial charge in [-0.25, -0.2) is 0 Å². The summed E-state index contributed by atoms with van der Waals surface area (Å²) in [5.41, 5.74) is 5.64. The summed E-state index contributed by atoms with van der Waals surface area (Å²) < 4.78 is 0. The standard InChI is InChI=1S/C12H25N3O2.2ClH/c1-9(13)6-12(17)15-5-4-14(8-11(3)16)10(2)7-15;;/h9-11,16H,4-8,13H2,1-3H3;2*1H. The van der Waals surface area contributed by atoms with Crippen molar-refractivity contribution in [3.63, 3.8) is 0 Å². The van der Waals surface area contributed by atoms with Gasteiger partial charge in [0, 0.05) is 44.7 Å². The number of carbonyl (C=O) groups excluding carboxylic acids is 1. The Bertz CT molecular complexity index is 265. The summed E-state index contributed by atoms with van der Waals surface area (Å²) in [7, 11) is 0. The van der Waals surface area contributed by atoms with Crippen LogP contribution in [-0.4, -0.2) is 65.2 Å². The van der Waals surface area contributed by atoms with Crippen LogP contribution in [0, 0.1) is 0 Å². The van der Waals surface area contributed by atoms with Crippen molar-refractivity contribution < 1.29 is 9.90 Å². The summed E-state index contributed by atoms with van der Waals surface area (Å²) in [6, 6.07) is 0.226. The fraction of sp³-hybridized carbons (Fsp3) is 0.917. The van der Waals surface area contributed by atoms with E-state index in [1.165, 1.54) is 0 Å². The topological polar surface area (TPSA) is 69.8 Å². The molecule has 0 spiro atoms. The van der Waals surface area contributed by atoms with Gasteiger partial charge in [0.05, 0.1) is 6.10 Å². The molecule has 1 saturated heterocycles. The van der Waals surface area contributed by atoms with Gasteiger partial charge in [0.15, 0.2) is 0 Å². The quantitative estimate of drug-likeness (QED) is 0.791. The van der Waals surface area contributed by atoms with Crippen molar-refractivity contribution in [1.29, 1.82) is 0 Å². The average molecular weight is 316 g/mol. The van der Waals surface area contributed by atoms with Crippen LogP contribution in [0.4, 0.5) is 0 Å². The molecule has 0 aromatic heterocycles. The number of piperazine rings is 1. The molecule has 1 heterocycles. The van der Waals surface area contributed by atoms with E-state index in [1.54, 1.807) is 6.92 Å². The number of aliphatic hydroxyl groups is 1. The molecule has 19 heavy (non-hydrogen) atoms. The summed E-state index contributed by atoms with van der Waals surface area (Å²) in [5, 5.41) is 9.38. The lowest BCUT2D eigenvalue weighted by molar-refractivity contribution is -0.134. The molecule has 0 bridgehead atoms. The van der Waals surface area contributed by atoms with Crippen molar-refractivity contribution in [2.24, 2.45) is 5.73 Å². The van der Waals surface area contributed by atoms with Crippen LogP contribution in [0.5, 0.6) is 0 Å². The summed E-state index contributed by atoms with van der Waals surface area (Å²) in [6.45, 7) is 8.72. The molecular weight excluding hydrogens is 289 g/mol. The van der Waals surface area contributed by atoms with Crippen LogP contribution >= 0.6 is 24.8 Å². The highest BCUT2D eigenvalue weighted by molar-refractivity contribution is 5.85. The number of hydrogen-bond acceptors (Lipinski definition) is 4. The van der Waals surface area contributed by atoms with Gasteiger partial charge in [0.25, 0.3) is 0 Å². The van der Waals surface area contributed by atoms with Crippen LogP contribution in [0.15, 0.2) is 0 Å². The van der Waals surface area contributed by atoms with E-state index in [9.17, 15) is 9.90 Å². The molecule has 1 amide bonds. The maximum absolute atomic E-state index is 11.9. The monoisotopic (exact) mass is 315 g/mol. The molecule has 3 atom stereocenters. The summed E-state index contributed by atoms with van der Waals surface area (Å²) in [6.07, 6.45) is 0.104. The van der Waals surface area contributed by atoms with Crippen LogP contribution in [0.25, 0.3) is 0 Å². The molecule has 1 aliphatic heterocycles. The van der Waals surface area contributed by atoms with Gasteiger partial charge in [-0.05, 0) is 20.8 Å². The van der Waals surface area contributed by atoms with Gasteiger partial charge in [0.2, 0.25) is 5.91 Å². The molecule has 7 heteroatoms. The molecule has 0 radical (unpaired) electrons. The third-order valence-electron chi connectivity index (χ3n) is 3.11. The molecule has 116 valence electrons. The maximum atomic E-state index is 11.9. The number of nitrogens with zero attached hydrogens (tertiary/aromatic N) is 2. The van der Waals surface area contributed by atoms with Gasteiger partial charge in [-0.2, -0.15) is 0 Å². The first-order chi connectivity index (χ1) is 7.90. The SMILES string of the molecule is CC(N)CC(=O)N1CCN(CC(C)O)C(C)C1.Cl.Cl. The minimum Gasteiger partial charge on any atom is -0.392 e. The zero-order chi connectivity index (χ0) is 13.0. The molecule has 5 nitrogen and oxygen atoms in total. The lowest BCUT2D eigenvalue weighted by Gasteiger charge is -2.40. The van der Waals surface area contributed by atoms with Crippen LogP contribution in [0.3, 0.4) is 0 Å². The van der Waals surface area contributed by atoms with Crippen molar-refractivity contribution in [3.05, 3.63) is 0 Å². The molecule has 3 N–H and O–H groups in total. The second kappa shape index (κ2) is 9.77. The molecule has 0 saturated carbocycles. The zero-order valence-electron chi connectivity index (χ0n) is 11.9. The third-order valence-corrected chi connectivity index (χ3v) is 3.11. The predicted molar refractivity (Wildman–Crippen MR) is 82.1 cm³/mol. The van der Waals surface area contributed by atoms with Crippen molar-refractivity contribution >= 4 is 30.7 Å². The molecule has 0 aromatic carbocycles. The van der Waals surface area contributed by atoms with Gasteiger partial charge >= 0.3 is 0 Å². The Balaban J connectivity index is 0. The first-order valence-electron chi connectivity index (χ1n) is 6.35. The number of hydrogen-bond donors (Lipinski definition) is 2. The number of rotatable bonds is 4. The molecule has 0 aromatic rings. The van der Waals surface area contributed by atoms with E-state index < -0.39 is 0 Å². The fourth-order valence-corrected chi connectivity index (χ4v) is 2.24. The lowest BCUT2D eigenvalue weighted by Crippen LogP contribution is -2.55. The van der Waals surface area contributed by atoms with E-state index in [2.05, 4.69) is 11.8 Å². The van der Waals surface area contributed by atoms with E-state index in [1.807, 2.05) is 11.8 Å². The van der Waals surface area contributed by atoms with E-state index in [0.29, 0.717) is 19.0 Å². The Labute approximate surface area is 128 Å². The third kappa shape index (κ3) is 7.32. The zero-order valence-corrected chi connectivity index (χ0v) is 13.5. The molecular formula is C12H27Cl2N3O2. The Hall–Kier alpha value is -0.0700. The Morgan fingerprint density at radius 2 is 1.95 bits per heavy atom. The van der Waals surface area contributed by atoms with E-state index in [0.717, 1.165) is 19.6 Å². The number of β-amino-alcohol motifs (C(OH)–C–C–N with tert-alkyl or cyclic N) is 1. The van der Waals surface area contributed by atoms with Crippen molar-refractivity contribution in [3.8, 4) is 0 Å². The van der Waals surface area contributed by atoms with Crippen molar-refractivity contribution in [2.75, 3.05) is 26.2 Å². The number of halogens is 2. The molecule has 1 aliphatic rings. The molecule has 3 unspecified atom stereocenters. The average Bonchev–Trinajstić information content (AvgIpc) is 2.19. The van der Waals surface area contributed by atoms with Crippen LogP contribution < -0.4 is 5.73 Å². The molecule has 1 fully saturated rings. The van der Waals surface area contributed by atoms with Crippen LogP contribution in [0.1, 0.15) is 27.2 Å². The van der Waals surface area contributed by atoms with Crippen molar-refractivity contribution in [2.45, 2.75) is 45.4 Å². The predicted octanol–water partition coefficient (Wildman–Crippen LogP) is 0.481. The number of carbonyl (C=O) groups is 1. The van der Waals surface area contributed by atoms with E-state index >= 15 is 0 Å². The van der Waals surface area contributed by atoms with Gasteiger partial charge in [0.1, 0.15) is 0 Å². The van der Waals surface area contributed by atoms with Gasteiger partial charge in [-0.1, -0.05) is 0 Å². The minimum atomic E-state index is -0.316. The summed E-state index contributed by atoms with van der Waals surface area (Å²) in [4.78, 5) is 16.0. The first-order valence-corrected chi connectivity index (χ1v) is 6.35. The number of amides is 1. The van der Waals surface area contributed by atoms with Crippen molar-refractivity contribution in [1.82, 2.24) is 9.80 Å². The minimum absolute atomic E-state index is 0. The largest absolute Gasteiger partial charge is 0.392 e. The van der Waals surface area contributed by atoms with Gasteiger partial charge < -0.3 is 15.7 Å². The second-order valence-electron chi connectivity index (χ2n) is 5.21. The van der Waals surface area contributed by atoms with Crippen LogP contribution in [0.2, 0.25) is 0 Å². The van der Waals surface area contributed by atoms with Gasteiger partial charge in [-0.15, -0.1) is 24.8 Å². The number of nitrogens with two attached hydrogens (primary N) is 1. The summed E-state index contributed by atoms with van der Waals surface area (Å²) >= 11 is 0. The fourth-order valence-electron chi connectivity index (χ4n) is 2.24. The Kier molecular flexibility index (Phi) is 10.9. The summed E-state index contributed by atoms with van der Waals surface area (Å²) in [5.74, 6) is 0.142. The molecule has 0 aliphatic carbocycles. The first kappa shape index (κ1) is 21.2. The Morgan fingerprint density at radius 1 is 1.37 bits per heavy atom. The lowest BCUT2D eigenvalue weighted by atomic mass is 10.1. The van der Waals surface area contributed by atoms with E-state index in [4.69, 9.17) is 5.73 Å². The normalized spacial score (nSPS) is 23.0. The smallest absolute Gasteiger partial charge is 0.224 e. The van der Waals surface area contributed by atoms with E-state index in [-0.39, 0.29) is 42.9 Å².